The van der Waals surface area contributed by atoms with Crippen LogP contribution in [0.25, 0.3) is 0 Å². The molecule has 2 rings (SSSR count). The zero-order valence-corrected chi connectivity index (χ0v) is 11.9. The van der Waals surface area contributed by atoms with E-state index in [-0.39, 0.29) is 0 Å². The van der Waals surface area contributed by atoms with Crippen LogP contribution in [0.2, 0.25) is 0 Å². The minimum Gasteiger partial charge on any atom is -0.311 e. The minimum absolute atomic E-state index is 0.686. The normalized spacial score (nSPS) is 11.3. The second kappa shape index (κ2) is 6.71. The summed E-state index contributed by atoms with van der Waals surface area (Å²) in [4.78, 5) is 1.42. The zero-order valence-electron chi connectivity index (χ0n) is 11.1. The smallest absolute Gasteiger partial charge is 0.0762 e. The molecule has 0 spiro atoms. The average Bonchev–Trinajstić information content (AvgIpc) is 2.96. The van der Waals surface area contributed by atoms with Crippen LogP contribution in [0, 0.1) is 5.92 Å². The first-order valence-corrected chi connectivity index (χ1v) is 7.37. The number of hydrogen-bond acceptors (Lipinski definition) is 3. The van der Waals surface area contributed by atoms with Gasteiger partial charge in [0, 0.05) is 30.6 Å². The van der Waals surface area contributed by atoms with Crippen molar-refractivity contribution in [2.75, 3.05) is 6.54 Å². The Morgan fingerprint density at radius 2 is 2.28 bits per heavy atom. The van der Waals surface area contributed by atoms with E-state index in [1.165, 1.54) is 4.88 Å². The van der Waals surface area contributed by atoms with Crippen molar-refractivity contribution in [1.82, 2.24) is 15.1 Å². The van der Waals surface area contributed by atoms with Crippen molar-refractivity contribution in [2.45, 2.75) is 33.4 Å². The second-order valence-corrected chi connectivity index (χ2v) is 5.96. The molecule has 0 unspecified atom stereocenters. The van der Waals surface area contributed by atoms with Crippen LogP contribution in [0.15, 0.2) is 29.8 Å². The van der Waals surface area contributed by atoms with Gasteiger partial charge < -0.3 is 5.32 Å². The van der Waals surface area contributed by atoms with Gasteiger partial charge in [0.05, 0.1) is 5.69 Å². The molecule has 0 aliphatic heterocycles. The Balaban J connectivity index is 1.75. The molecule has 18 heavy (non-hydrogen) atoms. The van der Waals surface area contributed by atoms with Crippen molar-refractivity contribution in [3.05, 3.63) is 40.3 Å². The summed E-state index contributed by atoms with van der Waals surface area (Å²) < 4.78 is 2.03. The highest BCUT2D eigenvalue weighted by Crippen LogP contribution is 2.10. The van der Waals surface area contributed by atoms with Gasteiger partial charge in [0.15, 0.2) is 0 Å². The quantitative estimate of drug-likeness (QED) is 0.832. The van der Waals surface area contributed by atoms with E-state index < -0.39 is 0 Å². The van der Waals surface area contributed by atoms with Crippen molar-refractivity contribution >= 4 is 11.3 Å². The lowest BCUT2D eigenvalue weighted by atomic mass is 10.2. The maximum atomic E-state index is 4.57. The molecule has 0 aromatic carbocycles. The van der Waals surface area contributed by atoms with Crippen molar-refractivity contribution in [3.8, 4) is 0 Å². The third kappa shape index (κ3) is 4.27. The summed E-state index contributed by atoms with van der Waals surface area (Å²) in [6.45, 7) is 7.30. The number of thiophene rings is 1. The summed E-state index contributed by atoms with van der Waals surface area (Å²) >= 11 is 1.81. The predicted octanol–water partition coefficient (Wildman–Crippen LogP) is 2.93. The summed E-state index contributed by atoms with van der Waals surface area (Å²) in [5.41, 5.74) is 1.13. The van der Waals surface area contributed by atoms with E-state index >= 15 is 0 Å². The Labute approximate surface area is 113 Å². The molecule has 0 amide bonds. The van der Waals surface area contributed by atoms with E-state index in [9.17, 15) is 0 Å². The summed E-state index contributed by atoms with van der Waals surface area (Å²) in [6, 6.07) is 6.38. The Bertz CT molecular complexity index is 445. The molecule has 98 valence electrons. The molecule has 0 radical (unpaired) electrons. The second-order valence-electron chi connectivity index (χ2n) is 4.92. The van der Waals surface area contributed by atoms with Crippen LogP contribution in [-0.4, -0.2) is 16.3 Å². The van der Waals surface area contributed by atoms with E-state index in [2.05, 4.69) is 54.0 Å². The largest absolute Gasteiger partial charge is 0.311 e. The number of hydrogen-bond donors (Lipinski definition) is 1. The minimum atomic E-state index is 0.686. The molecule has 1 N–H and O–H groups in total. The molecule has 3 nitrogen and oxygen atoms in total. The molecule has 2 heterocycles. The SMILES string of the molecule is CC(C)CNCc1ccn(CCc2cccs2)n1. The highest BCUT2D eigenvalue weighted by atomic mass is 32.1. The van der Waals surface area contributed by atoms with Crippen LogP contribution in [0.1, 0.15) is 24.4 Å². The first kappa shape index (κ1) is 13.3. The van der Waals surface area contributed by atoms with Gasteiger partial charge >= 0.3 is 0 Å². The van der Waals surface area contributed by atoms with Gasteiger partial charge in [0.2, 0.25) is 0 Å². The molecule has 2 aromatic rings. The molecule has 4 heteroatoms. The summed E-state index contributed by atoms with van der Waals surface area (Å²) in [7, 11) is 0. The number of aromatic nitrogens is 2. The number of rotatable bonds is 7. The molecule has 0 fully saturated rings. The standard InChI is InChI=1S/C14H21N3S/c1-12(2)10-15-11-13-5-7-17(16-13)8-6-14-4-3-9-18-14/h3-5,7,9,12,15H,6,8,10-11H2,1-2H3. The Hall–Kier alpha value is -1.13. The molecular weight excluding hydrogens is 242 g/mol. The molecule has 0 bridgehead atoms. The number of aryl methyl sites for hydroxylation is 2. The van der Waals surface area contributed by atoms with E-state index in [0.717, 1.165) is 31.7 Å². The molecule has 0 atom stereocenters. The van der Waals surface area contributed by atoms with Gasteiger partial charge in [-0.2, -0.15) is 5.10 Å². The monoisotopic (exact) mass is 263 g/mol. The maximum absolute atomic E-state index is 4.57. The van der Waals surface area contributed by atoms with Gasteiger partial charge in [-0.3, -0.25) is 4.68 Å². The topological polar surface area (TPSA) is 29.9 Å². The molecule has 2 aromatic heterocycles. The fraction of sp³-hybridized carbons (Fsp3) is 0.500. The van der Waals surface area contributed by atoms with Gasteiger partial charge in [-0.25, -0.2) is 0 Å². The van der Waals surface area contributed by atoms with Crippen molar-refractivity contribution < 1.29 is 0 Å². The summed E-state index contributed by atoms with van der Waals surface area (Å²) in [5.74, 6) is 0.686. The maximum Gasteiger partial charge on any atom is 0.0762 e. The number of nitrogens with one attached hydrogen (secondary N) is 1. The van der Waals surface area contributed by atoms with E-state index in [0.29, 0.717) is 5.92 Å². The van der Waals surface area contributed by atoms with Crippen LogP contribution < -0.4 is 5.32 Å². The summed E-state index contributed by atoms with van der Waals surface area (Å²) in [6.07, 6.45) is 3.14. The Morgan fingerprint density at radius 3 is 3.00 bits per heavy atom. The summed E-state index contributed by atoms with van der Waals surface area (Å²) in [5, 5.41) is 10.1. The van der Waals surface area contributed by atoms with Crippen LogP contribution >= 0.6 is 11.3 Å². The molecule has 0 aliphatic carbocycles. The van der Waals surface area contributed by atoms with Crippen LogP contribution in [-0.2, 0) is 19.5 Å². The lowest BCUT2D eigenvalue weighted by Gasteiger charge is -2.05. The highest BCUT2D eigenvalue weighted by Gasteiger charge is 2.00. The van der Waals surface area contributed by atoms with Gasteiger partial charge in [0.1, 0.15) is 0 Å². The van der Waals surface area contributed by atoms with Crippen molar-refractivity contribution in [2.24, 2.45) is 5.92 Å². The fourth-order valence-corrected chi connectivity index (χ4v) is 2.49. The first-order valence-electron chi connectivity index (χ1n) is 6.49. The molecule has 0 saturated carbocycles. The lowest BCUT2D eigenvalue weighted by Crippen LogP contribution is -2.19. The van der Waals surface area contributed by atoms with Crippen molar-refractivity contribution in [1.29, 1.82) is 0 Å². The Morgan fingerprint density at radius 1 is 1.39 bits per heavy atom. The van der Waals surface area contributed by atoms with Gasteiger partial charge in [-0.15, -0.1) is 11.3 Å². The molecule has 0 saturated heterocycles. The zero-order chi connectivity index (χ0) is 12.8. The van der Waals surface area contributed by atoms with Gasteiger partial charge in [-0.1, -0.05) is 19.9 Å². The van der Waals surface area contributed by atoms with Crippen molar-refractivity contribution in [3.63, 3.8) is 0 Å². The fourth-order valence-electron chi connectivity index (χ4n) is 1.79. The predicted molar refractivity (Wildman–Crippen MR) is 76.8 cm³/mol. The van der Waals surface area contributed by atoms with Crippen LogP contribution in [0.5, 0.6) is 0 Å². The van der Waals surface area contributed by atoms with E-state index in [4.69, 9.17) is 0 Å². The number of nitrogens with zero attached hydrogens (tertiary/aromatic N) is 2. The van der Waals surface area contributed by atoms with Crippen LogP contribution in [0.4, 0.5) is 0 Å². The Kier molecular flexibility index (Phi) is 4.96. The highest BCUT2D eigenvalue weighted by molar-refractivity contribution is 7.09. The first-order chi connectivity index (χ1) is 8.74. The van der Waals surface area contributed by atoms with Gasteiger partial charge in [-0.05, 0) is 30.0 Å². The van der Waals surface area contributed by atoms with Gasteiger partial charge in [0.25, 0.3) is 0 Å². The third-order valence-electron chi connectivity index (χ3n) is 2.72. The third-order valence-corrected chi connectivity index (χ3v) is 3.66. The molecular formula is C14H21N3S. The average molecular weight is 263 g/mol. The lowest BCUT2D eigenvalue weighted by molar-refractivity contribution is 0.539. The van der Waals surface area contributed by atoms with E-state index in [1.807, 2.05) is 16.0 Å². The van der Waals surface area contributed by atoms with Crippen LogP contribution in [0.3, 0.4) is 0 Å². The van der Waals surface area contributed by atoms with E-state index in [1.54, 1.807) is 0 Å². The molecule has 0 aliphatic rings.